The van der Waals surface area contributed by atoms with Crippen LogP contribution in [0.15, 0.2) is 36.5 Å². The minimum Gasteiger partial charge on any atom is -0.485 e. The van der Waals surface area contributed by atoms with Gasteiger partial charge in [-0.3, -0.25) is 0 Å². The van der Waals surface area contributed by atoms with E-state index in [-0.39, 0.29) is 5.04 Å². The van der Waals surface area contributed by atoms with Crippen molar-refractivity contribution in [1.29, 1.82) is 5.26 Å². The molecule has 1 aromatic heterocycles. The number of fused-ring (bicyclic) bond motifs is 1. The van der Waals surface area contributed by atoms with Crippen LogP contribution in [0.25, 0.3) is 0 Å². The van der Waals surface area contributed by atoms with Crippen molar-refractivity contribution >= 4 is 8.32 Å². The summed E-state index contributed by atoms with van der Waals surface area (Å²) >= 11 is 0. The van der Waals surface area contributed by atoms with Gasteiger partial charge in [-0.05, 0) is 61.8 Å². The van der Waals surface area contributed by atoms with E-state index in [0.717, 1.165) is 5.56 Å². The van der Waals surface area contributed by atoms with E-state index in [4.69, 9.17) is 13.9 Å². The maximum atomic E-state index is 10.9. The summed E-state index contributed by atoms with van der Waals surface area (Å²) in [6.45, 7) is 15.2. The van der Waals surface area contributed by atoms with Gasteiger partial charge in [0.05, 0.1) is 18.2 Å². The lowest BCUT2D eigenvalue weighted by Crippen LogP contribution is -2.50. The average molecular weight is 441 g/mol. The molecule has 0 aliphatic carbocycles. The van der Waals surface area contributed by atoms with Gasteiger partial charge in [-0.2, -0.15) is 5.26 Å². The van der Waals surface area contributed by atoms with E-state index < -0.39 is 26.1 Å². The van der Waals surface area contributed by atoms with E-state index in [1.54, 1.807) is 30.5 Å². The van der Waals surface area contributed by atoms with Gasteiger partial charge in [-0.25, -0.2) is 4.98 Å². The van der Waals surface area contributed by atoms with Crippen molar-refractivity contribution in [2.45, 2.75) is 77.2 Å². The second-order valence-corrected chi connectivity index (χ2v) is 14.9. The van der Waals surface area contributed by atoms with Gasteiger partial charge in [0.1, 0.15) is 17.5 Å². The Morgan fingerprint density at radius 1 is 1.23 bits per heavy atom. The monoisotopic (exact) mass is 440 g/mol. The average Bonchev–Trinajstić information content (AvgIpc) is 2.69. The highest BCUT2D eigenvalue weighted by Crippen LogP contribution is 2.42. The van der Waals surface area contributed by atoms with Gasteiger partial charge in [0.2, 0.25) is 5.88 Å². The number of aliphatic hydroxyl groups is 1. The molecule has 0 fully saturated rings. The number of hydrogen-bond donors (Lipinski definition) is 1. The standard InChI is InChI=1S/C24H32N2O4Si/c1-23(2,3)31(6,7)28-15-17-9-11-20(26-14-17)29-21-18-12-16(13-25)8-10-19(18)30-24(4,5)22(21)27/h8-12,14,21-22,27H,15H2,1-7H3. The van der Waals surface area contributed by atoms with E-state index in [1.165, 1.54) is 0 Å². The van der Waals surface area contributed by atoms with Gasteiger partial charge in [-0.1, -0.05) is 20.8 Å². The number of nitrogens with zero attached hydrogens (tertiary/aromatic N) is 2. The summed E-state index contributed by atoms with van der Waals surface area (Å²) in [5.74, 6) is 0.991. The van der Waals surface area contributed by atoms with E-state index in [1.807, 2.05) is 19.9 Å². The molecular formula is C24H32N2O4Si. The van der Waals surface area contributed by atoms with Crippen molar-refractivity contribution in [2.24, 2.45) is 0 Å². The molecule has 3 rings (SSSR count). The molecule has 1 aromatic carbocycles. The van der Waals surface area contributed by atoms with Crippen LogP contribution in [0, 0.1) is 11.3 Å². The van der Waals surface area contributed by atoms with Crippen LogP contribution in [0.3, 0.4) is 0 Å². The molecule has 2 unspecified atom stereocenters. The zero-order valence-corrected chi connectivity index (χ0v) is 20.4. The van der Waals surface area contributed by atoms with E-state index in [2.05, 4.69) is 44.9 Å². The second kappa shape index (κ2) is 8.27. The quantitative estimate of drug-likeness (QED) is 0.649. The molecule has 2 aromatic rings. The molecule has 2 heterocycles. The number of ether oxygens (including phenoxy) is 2. The molecule has 0 radical (unpaired) electrons. The van der Waals surface area contributed by atoms with Crippen LogP contribution < -0.4 is 9.47 Å². The second-order valence-electron chi connectivity index (χ2n) is 10.1. The third kappa shape index (κ3) is 4.92. The molecule has 0 amide bonds. The van der Waals surface area contributed by atoms with Crippen molar-refractivity contribution in [3.63, 3.8) is 0 Å². The van der Waals surface area contributed by atoms with Crippen LogP contribution in [-0.2, 0) is 11.0 Å². The fraction of sp³-hybridized carbons (Fsp3) is 0.500. The lowest BCUT2D eigenvalue weighted by molar-refractivity contribution is -0.104. The van der Waals surface area contributed by atoms with E-state index >= 15 is 0 Å². The highest BCUT2D eigenvalue weighted by Gasteiger charge is 2.44. The molecule has 0 saturated heterocycles. The normalized spacial score (nSPS) is 20.4. The lowest BCUT2D eigenvalue weighted by Gasteiger charge is -2.41. The first kappa shape index (κ1) is 23.3. The number of aliphatic hydroxyl groups excluding tert-OH is 1. The van der Waals surface area contributed by atoms with Gasteiger partial charge in [0, 0.05) is 17.8 Å². The number of rotatable bonds is 5. The van der Waals surface area contributed by atoms with E-state index in [0.29, 0.717) is 29.4 Å². The molecule has 6 nitrogen and oxygen atoms in total. The molecular weight excluding hydrogens is 408 g/mol. The molecule has 1 aliphatic heterocycles. The van der Waals surface area contributed by atoms with Crippen LogP contribution in [0.2, 0.25) is 18.1 Å². The summed E-state index contributed by atoms with van der Waals surface area (Å²) in [5, 5.41) is 20.3. The largest absolute Gasteiger partial charge is 0.485 e. The smallest absolute Gasteiger partial charge is 0.213 e. The minimum absolute atomic E-state index is 0.144. The Morgan fingerprint density at radius 3 is 2.52 bits per heavy atom. The van der Waals surface area contributed by atoms with Crippen LogP contribution in [0.5, 0.6) is 11.6 Å². The highest BCUT2D eigenvalue weighted by molar-refractivity contribution is 6.74. The summed E-state index contributed by atoms with van der Waals surface area (Å²) < 4.78 is 18.3. The number of pyridine rings is 1. The lowest BCUT2D eigenvalue weighted by atomic mass is 9.87. The Hall–Kier alpha value is -2.40. The fourth-order valence-electron chi connectivity index (χ4n) is 3.12. The van der Waals surface area contributed by atoms with Crippen molar-refractivity contribution in [2.75, 3.05) is 0 Å². The molecule has 0 bridgehead atoms. The predicted molar refractivity (Wildman–Crippen MR) is 121 cm³/mol. The Morgan fingerprint density at radius 2 is 1.94 bits per heavy atom. The first-order valence-electron chi connectivity index (χ1n) is 10.5. The Kier molecular flexibility index (Phi) is 6.20. The van der Waals surface area contributed by atoms with Crippen molar-refractivity contribution in [3.05, 3.63) is 53.2 Å². The zero-order valence-electron chi connectivity index (χ0n) is 19.4. The van der Waals surface area contributed by atoms with Crippen LogP contribution in [-0.4, -0.2) is 30.1 Å². The predicted octanol–water partition coefficient (Wildman–Crippen LogP) is 5.13. The Bertz CT molecular complexity index is 975. The van der Waals surface area contributed by atoms with Crippen LogP contribution in [0.4, 0.5) is 0 Å². The SMILES string of the molecule is CC1(C)Oc2ccc(C#N)cc2C(Oc2ccc(CO[Si](C)(C)C(C)(C)C)cn2)C1O. The first-order chi connectivity index (χ1) is 14.3. The Balaban J connectivity index is 1.79. The van der Waals surface area contributed by atoms with Crippen LogP contribution >= 0.6 is 0 Å². The Labute approximate surface area is 185 Å². The van der Waals surface area contributed by atoms with Gasteiger partial charge in [-0.15, -0.1) is 0 Å². The molecule has 166 valence electrons. The minimum atomic E-state index is -1.84. The molecule has 0 spiro atoms. The summed E-state index contributed by atoms with van der Waals surface area (Å²) in [7, 11) is -1.84. The maximum absolute atomic E-state index is 10.9. The first-order valence-corrected chi connectivity index (χ1v) is 13.4. The summed E-state index contributed by atoms with van der Waals surface area (Å²) in [6, 6.07) is 11.0. The summed E-state index contributed by atoms with van der Waals surface area (Å²) in [5.41, 5.74) is 1.24. The third-order valence-electron chi connectivity index (χ3n) is 6.27. The highest BCUT2D eigenvalue weighted by atomic mass is 28.4. The maximum Gasteiger partial charge on any atom is 0.213 e. The number of benzene rings is 1. The molecule has 1 aliphatic rings. The molecule has 0 saturated carbocycles. The molecule has 2 atom stereocenters. The van der Waals surface area contributed by atoms with Gasteiger partial charge >= 0.3 is 0 Å². The van der Waals surface area contributed by atoms with Crippen molar-refractivity contribution < 1.29 is 19.0 Å². The van der Waals surface area contributed by atoms with E-state index in [9.17, 15) is 10.4 Å². The van der Waals surface area contributed by atoms with Crippen molar-refractivity contribution in [3.8, 4) is 17.7 Å². The molecule has 1 N–H and O–H groups in total. The molecule has 7 heteroatoms. The number of hydrogen-bond acceptors (Lipinski definition) is 6. The van der Waals surface area contributed by atoms with Gasteiger partial charge in [0.15, 0.2) is 14.4 Å². The fourth-order valence-corrected chi connectivity index (χ4v) is 4.08. The van der Waals surface area contributed by atoms with Crippen LogP contribution in [0.1, 0.15) is 57.4 Å². The number of nitriles is 1. The summed E-state index contributed by atoms with van der Waals surface area (Å²) in [6.07, 6.45) is 0.109. The topological polar surface area (TPSA) is 84.6 Å². The zero-order chi connectivity index (χ0) is 23.0. The van der Waals surface area contributed by atoms with Gasteiger partial charge in [0.25, 0.3) is 0 Å². The third-order valence-corrected chi connectivity index (χ3v) is 10.7. The number of aromatic nitrogens is 1. The summed E-state index contributed by atoms with van der Waals surface area (Å²) in [4.78, 5) is 4.43. The molecule has 31 heavy (non-hydrogen) atoms. The van der Waals surface area contributed by atoms with Crippen molar-refractivity contribution in [1.82, 2.24) is 4.98 Å². The van der Waals surface area contributed by atoms with Gasteiger partial charge < -0.3 is 19.0 Å².